The third kappa shape index (κ3) is 1.72. The van der Waals surface area contributed by atoms with E-state index < -0.39 is 27.4 Å². The van der Waals surface area contributed by atoms with Gasteiger partial charge in [-0.15, -0.1) is 0 Å². The van der Waals surface area contributed by atoms with Crippen LogP contribution < -0.4 is 0 Å². The lowest BCUT2D eigenvalue weighted by Gasteiger charge is -2.28. The van der Waals surface area contributed by atoms with E-state index in [1.807, 2.05) is 0 Å². The summed E-state index contributed by atoms with van der Waals surface area (Å²) < 4.78 is 60.3. The lowest BCUT2D eigenvalue weighted by atomic mass is 9.86. The Bertz CT molecular complexity index is 586. The minimum absolute atomic E-state index is 0.0460. The zero-order chi connectivity index (χ0) is 14.9. The summed E-state index contributed by atoms with van der Waals surface area (Å²) in [5.41, 5.74) is 0. The molecule has 0 amide bonds. The lowest BCUT2D eigenvalue weighted by Crippen LogP contribution is -2.43. The molecule has 3 aliphatic carbocycles. The van der Waals surface area contributed by atoms with Crippen LogP contribution in [0.1, 0.15) is 19.3 Å². The van der Waals surface area contributed by atoms with Gasteiger partial charge in [0.25, 0.3) is 0 Å². The first-order valence-electron chi connectivity index (χ1n) is 6.21. The quantitative estimate of drug-likeness (QED) is 0.606. The number of ketones is 1. The van der Waals surface area contributed by atoms with Gasteiger partial charge in [-0.25, -0.2) is 4.79 Å². The number of carbonyl (C=O) groups is 2. The topological polar surface area (TPSA) is 97.7 Å². The van der Waals surface area contributed by atoms with Gasteiger partial charge in [-0.05, 0) is 24.7 Å². The van der Waals surface area contributed by atoms with Crippen LogP contribution in [-0.2, 0) is 24.4 Å². The highest BCUT2D eigenvalue weighted by molar-refractivity contribution is 7.87. The number of ether oxygens (including phenoxy) is 1. The number of fused-ring (bicyclic) bond motifs is 1. The first-order chi connectivity index (χ1) is 9.13. The monoisotopic (exact) mass is 310 g/mol. The number of hydrogen-bond acceptors (Lipinski definition) is 5. The van der Waals surface area contributed by atoms with Gasteiger partial charge in [0.15, 0.2) is 0 Å². The van der Waals surface area contributed by atoms with Crippen molar-refractivity contribution in [3.63, 3.8) is 0 Å². The van der Waals surface area contributed by atoms with E-state index >= 15 is 0 Å². The largest absolute Gasteiger partial charge is 0.465 e. The molecule has 0 aromatic rings. The van der Waals surface area contributed by atoms with Gasteiger partial charge in [-0.3, -0.25) is 9.35 Å². The van der Waals surface area contributed by atoms with Gasteiger partial charge in [0.1, 0.15) is 11.9 Å². The van der Waals surface area contributed by atoms with Crippen molar-refractivity contribution in [2.75, 3.05) is 0 Å². The standard InChI is InChI=1S/C11H12F2O6S/c12-11(13,20(16,17)18)10(15)19-9-4-1-5-6(2-4)8(14)3-7(5)9/h4-7,9H,1-3H2,(H,16,17,18). The van der Waals surface area contributed by atoms with Crippen LogP contribution in [-0.4, -0.2) is 36.1 Å². The molecule has 5 atom stereocenters. The molecule has 0 saturated heterocycles. The van der Waals surface area contributed by atoms with Gasteiger partial charge in [0.2, 0.25) is 0 Å². The summed E-state index contributed by atoms with van der Waals surface area (Å²) >= 11 is 0. The van der Waals surface area contributed by atoms with Gasteiger partial charge in [0, 0.05) is 18.3 Å². The molecule has 0 aliphatic heterocycles. The first kappa shape index (κ1) is 13.9. The van der Waals surface area contributed by atoms with E-state index in [1.54, 1.807) is 0 Å². The molecule has 3 aliphatic rings. The van der Waals surface area contributed by atoms with Crippen LogP contribution in [0.3, 0.4) is 0 Å². The average Bonchev–Trinajstić information content (AvgIpc) is 2.91. The highest BCUT2D eigenvalue weighted by Crippen LogP contribution is 2.59. The minimum Gasteiger partial charge on any atom is -0.456 e. The Morgan fingerprint density at radius 1 is 1.30 bits per heavy atom. The fourth-order valence-electron chi connectivity index (χ4n) is 3.95. The second-order valence-corrected chi connectivity index (χ2v) is 7.16. The number of esters is 1. The molecule has 5 unspecified atom stereocenters. The predicted molar refractivity (Wildman–Crippen MR) is 59.2 cm³/mol. The molecule has 3 rings (SSSR count). The van der Waals surface area contributed by atoms with E-state index in [9.17, 15) is 26.8 Å². The Balaban J connectivity index is 1.77. The molecule has 6 nitrogen and oxygen atoms in total. The summed E-state index contributed by atoms with van der Waals surface area (Å²) in [6, 6.07) is 0. The predicted octanol–water partition coefficient (Wildman–Crippen LogP) is 0.624. The zero-order valence-electron chi connectivity index (χ0n) is 10.2. The van der Waals surface area contributed by atoms with Crippen LogP contribution in [0.4, 0.5) is 8.78 Å². The summed E-state index contributed by atoms with van der Waals surface area (Å²) in [7, 11) is -5.86. The molecule has 3 saturated carbocycles. The van der Waals surface area contributed by atoms with Crippen molar-refractivity contribution < 1.29 is 36.1 Å². The Morgan fingerprint density at radius 2 is 1.95 bits per heavy atom. The molecule has 20 heavy (non-hydrogen) atoms. The Hall–Kier alpha value is -1.09. The average molecular weight is 310 g/mol. The maximum Gasteiger partial charge on any atom is 0.465 e. The molecule has 2 bridgehead atoms. The van der Waals surface area contributed by atoms with E-state index in [0.717, 1.165) is 0 Å². The highest BCUT2D eigenvalue weighted by Gasteiger charge is 2.63. The number of carbonyl (C=O) groups excluding carboxylic acids is 2. The second-order valence-electron chi connectivity index (χ2n) is 5.70. The minimum atomic E-state index is -5.86. The summed E-state index contributed by atoms with van der Waals surface area (Å²) in [4.78, 5) is 23.0. The normalized spacial score (nSPS) is 39.4. The number of Topliss-reactive ketones (excluding diaryl/α,β-unsaturated/α-hetero) is 1. The van der Waals surface area contributed by atoms with E-state index in [0.29, 0.717) is 12.8 Å². The molecule has 0 heterocycles. The van der Waals surface area contributed by atoms with E-state index in [-0.39, 0.29) is 35.9 Å². The summed E-state index contributed by atoms with van der Waals surface area (Å²) in [6.45, 7) is 0. The van der Waals surface area contributed by atoms with Crippen molar-refractivity contribution in [2.24, 2.45) is 23.7 Å². The zero-order valence-corrected chi connectivity index (χ0v) is 11.0. The van der Waals surface area contributed by atoms with Crippen molar-refractivity contribution in [1.29, 1.82) is 0 Å². The summed E-state index contributed by atoms with van der Waals surface area (Å²) in [5, 5.41) is -4.98. The van der Waals surface area contributed by atoms with Crippen molar-refractivity contribution in [3.05, 3.63) is 0 Å². The fourth-order valence-corrected chi connectivity index (χ4v) is 4.21. The SMILES string of the molecule is O=C1CC2C3CC(CC13)C2OC(=O)C(F)(F)S(=O)(=O)O. The van der Waals surface area contributed by atoms with Crippen LogP contribution in [0, 0.1) is 23.7 Å². The molecule has 0 spiro atoms. The Morgan fingerprint density at radius 3 is 2.55 bits per heavy atom. The van der Waals surface area contributed by atoms with E-state index in [1.165, 1.54) is 0 Å². The van der Waals surface area contributed by atoms with Crippen molar-refractivity contribution in [1.82, 2.24) is 0 Å². The highest BCUT2D eigenvalue weighted by atomic mass is 32.2. The third-order valence-corrected chi connectivity index (χ3v) is 5.55. The van der Waals surface area contributed by atoms with Crippen LogP contribution in [0.25, 0.3) is 0 Å². The molecule has 0 radical (unpaired) electrons. The van der Waals surface area contributed by atoms with Crippen LogP contribution in [0.15, 0.2) is 0 Å². The van der Waals surface area contributed by atoms with Gasteiger partial charge in [-0.1, -0.05) is 0 Å². The van der Waals surface area contributed by atoms with Crippen LogP contribution in [0.2, 0.25) is 0 Å². The van der Waals surface area contributed by atoms with E-state index in [4.69, 9.17) is 4.55 Å². The van der Waals surface area contributed by atoms with Gasteiger partial charge in [0.05, 0.1) is 0 Å². The second kappa shape index (κ2) is 3.97. The third-order valence-electron chi connectivity index (χ3n) is 4.74. The summed E-state index contributed by atoms with van der Waals surface area (Å²) in [6.07, 6.45) is 0.454. The van der Waals surface area contributed by atoms with Crippen LogP contribution >= 0.6 is 0 Å². The molecular weight excluding hydrogens is 298 g/mol. The molecule has 0 aromatic carbocycles. The van der Waals surface area contributed by atoms with Crippen molar-refractivity contribution in [3.8, 4) is 0 Å². The lowest BCUT2D eigenvalue weighted by molar-refractivity contribution is -0.172. The number of rotatable bonds is 3. The maximum atomic E-state index is 13.2. The molecule has 3 fully saturated rings. The fraction of sp³-hybridized carbons (Fsp3) is 0.818. The van der Waals surface area contributed by atoms with Crippen molar-refractivity contribution in [2.45, 2.75) is 30.6 Å². The van der Waals surface area contributed by atoms with Gasteiger partial charge < -0.3 is 4.74 Å². The molecule has 1 N–H and O–H groups in total. The number of hydrogen-bond donors (Lipinski definition) is 1. The van der Waals surface area contributed by atoms with Crippen molar-refractivity contribution >= 4 is 21.9 Å². The van der Waals surface area contributed by atoms with Gasteiger partial charge >= 0.3 is 21.3 Å². The van der Waals surface area contributed by atoms with Crippen LogP contribution in [0.5, 0.6) is 0 Å². The molecule has 0 aromatic heterocycles. The smallest absolute Gasteiger partial charge is 0.456 e. The van der Waals surface area contributed by atoms with E-state index in [2.05, 4.69) is 4.74 Å². The molecule has 9 heteroatoms. The number of alkyl halides is 2. The first-order valence-corrected chi connectivity index (χ1v) is 7.65. The molecular formula is C11H12F2O6S. The Kier molecular flexibility index (Phi) is 2.75. The summed E-state index contributed by atoms with van der Waals surface area (Å²) in [5.74, 6) is -2.71. The molecule has 112 valence electrons. The Labute approximate surface area is 113 Å². The number of halogens is 2. The maximum absolute atomic E-state index is 13.2. The van der Waals surface area contributed by atoms with Gasteiger partial charge in [-0.2, -0.15) is 17.2 Å².